The first-order valence-electron chi connectivity index (χ1n) is 8.28. The van der Waals surface area contributed by atoms with Gasteiger partial charge in [0.2, 0.25) is 5.95 Å². The molecule has 0 atom stereocenters. The van der Waals surface area contributed by atoms with Crippen molar-refractivity contribution >= 4 is 17.5 Å². The number of hydrogen-bond donors (Lipinski definition) is 2. The Balaban J connectivity index is 1.64. The zero-order chi connectivity index (χ0) is 17.5. The van der Waals surface area contributed by atoms with Gasteiger partial charge in [0, 0.05) is 24.0 Å². The van der Waals surface area contributed by atoms with Crippen molar-refractivity contribution in [2.75, 3.05) is 24.3 Å². The predicted molar refractivity (Wildman–Crippen MR) is 102 cm³/mol. The second kappa shape index (κ2) is 8.15. The first kappa shape index (κ1) is 16.8. The largest absolute Gasteiger partial charge is 0.496 e. The average molecular weight is 334 g/mol. The molecule has 1 aromatic heterocycles. The molecule has 2 N–H and O–H groups in total. The summed E-state index contributed by atoms with van der Waals surface area (Å²) in [6, 6.07) is 19.9. The molecule has 0 aliphatic rings. The van der Waals surface area contributed by atoms with E-state index in [0.29, 0.717) is 5.95 Å². The lowest BCUT2D eigenvalue weighted by Gasteiger charge is -2.11. The van der Waals surface area contributed by atoms with Gasteiger partial charge in [-0.25, -0.2) is 4.98 Å². The maximum atomic E-state index is 5.38. The van der Waals surface area contributed by atoms with Gasteiger partial charge in [-0.2, -0.15) is 4.98 Å². The highest BCUT2D eigenvalue weighted by Crippen LogP contribution is 2.19. The number of para-hydroxylation sites is 2. The minimum atomic E-state index is 0.619. The molecule has 25 heavy (non-hydrogen) atoms. The molecule has 128 valence electrons. The number of aromatic nitrogens is 2. The highest BCUT2D eigenvalue weighted by Gasteiger charge is 2.05. The smallest absolute Gasteiger partial charge is 0.224 e. The molecule has 0 fully saturated rings. The number of hydrogen-bond acceptors (Lipinski definition) is 5. The molecule has 0 saturated heterocycles. The third-order valence-electron chi connectivity index (χ3n) is 3.77. The summed E-state index contributed by atoms with van der Waals surface area (Å²) in [6.07, 6.45) is 0.836. The average Bonchev–Trinajstić information content (AvgIpc) is 2.62. The van der Waals surface area contributed by atoms with Crippen molar-refractivity contribution in [2.24, 2.45) is 0 Å². The van der Waals surface area contributed by atoms with Gasteiger partial charge in [0.05, 0.1) is 7.11 Å². The molecule has 0 amide bonds. The number of nitrogens with one attached hydrogen (secondary N) is 2. The number of nitrogens with zero attached hydrogens (tertiary/aromatic N) is 2. The molecule has 0 aliphatic carbocycles. The normalized spacial score (nSPS) is 10.3. The van der Waals surface area contributed by atoms with Crippen LogP contribution in [0.1, 0.15) is 11.3 Å². The van der Waals surface area contributed by atoms with Gasteiger partial charge in [-0.05, 0) is 37.1 Å². The van der Waals surface area contributed by atoms with Gasteiger partial charge in [0.15, 0.2) is 0 Å². The van der Waals surface area contributed by atoms with Crippen LogP contribution in [-0.4, -0.2) is 23.6 Å². The van der Waals surface area contributed by atoms with Gasteiger partial charge in [0.1, 0.15) is 11.6 Å². The quantitative estimate of drug-likeness (QED) is 0.678. The van der Waals surface area contributed by atoms with E-state index in [2.05, 4.69) is 26.7 Å². The van der Waals surface area contributed by atoms with Crippen LogP contribution in [0.3, 0.4) is 0 Å². The predicted octanol–water partition coefficient (Wildman–Crippen LogP) is 4.19. The number of rotatable bonds is 7. The van der Waals surface area contributed by atoms with Gasteiger partial charge < -0.3 is 15.4 Å². The van der Waals surface area contributed by atoms with E-state index in [-0.39, 0.29) is 0 Å². The SMILES string of the molecule is COc1ccccc1CCNc1nc(C)cc(Nc2ccccc2)n1. The maximum absolute atomic E-state index is 5.38. The Morgan fingerprint density at radius 3 is 2.52 bits per heavy atom. The molecule has 1 heterocycles. The van der Waals surface area contributed by atoms with Crippen LogP contribution < -0.4 is 15.4 Å². The fraction of sp³-hybridized carbons (Fsp3) is 0.200. The van der Waals surface area contributed by atoms with E-state index >= 15 is 0 Å². The van der Waals surface area contributed by atoms with E-state index in [9.17, 15) is 0 Å². The number of methoxy groups -OCH3 is 1. The van der Waals surface area contributed by atoms with E-state index in [1.54, 1.807) is 7.11 Å². The first-order valence-corrected chi connectivity index (χ1v) is 8.28. The van der Waals surface area contributed by atoms with Crippen LogP contribution in [0.25, 0.3) is 0 Å². The third kappa shape index (κ3) is 4.70. The standard InChI is InChI=1S/C20H22N4O/c1-15-14-19(23-17-9-4-3-5-10-17)24-20(22-15)21-13-12-16-8-6-7-11-18(16)25-2/h3-11,14H,12-13H2,1-2H3,(H2,21,22,23,24). The zero-order valence-corrected chi connectivity index (χ0v) is 14.5. The van der Waals surface area contributed by atoms with Gasteiger partial charge in [0.25, 0.3) is 0 Å². The molecule has 2 aromatic carbocycles. The van der Waals surface area contributed by atoms with Crippen molar-refractivity contribution in [1.82, 2.24) is 9.97 Å². The molecule has 0 bridgehead atoms. The fourth-order valence-electron chi connectivity index (χ4n) is 2.60. The minimum absolute atomic E-state index is 0.619. The Labute approximate surface area is 148 Å². The van der Waals surface area contributed by atoms with Crippen LogP contribution in [0.15, 0.2) is 60.7 Å². The van der Waals surface area contributed by atoms with Crippen molar-refractivity contribution in [1.29, 1.82) is 0 Å². The van der Waals surface area contributed by atoms with Crippen LogP contribution >= 0.6 is 0 Å². The van der Waals surface area contributed by atoms with E-state index < -0.39 is 0 Å². The molecule has 5 heteroatoms. The van der Waals surface area contributed by atoms with Crippen LogP contribution in [0.4, 0.5) is 17.5 Å². The molecule has 0 radical (unpaired) electrons. The Hall–Kier alpha value is -3.08. The summed E-state index contributed by atoms with van der Waals surface area (Å²) in [7, 11) is 1.69. The molecule has 5 nitrogen and oxygen atoms in total. The summed E-state index contributed by atoms with van der Waals surface area (Å²) >= 11 is 0. The van der Waals surface area contributed by atoms with Crippen molar-refractivity contribution in [3.63, 3.8) is 0 Å². The first-order chi connectivity index (χ1) is 12.2. The van der Waals surface area contributed by atoms with Crippen LogP contribution in [0, 0.1) is 6.92 Å². The molecule has 0 unspecified atom stereocenters. The Morgan fingerprint density at radius 2 is 1.72 bits per heavy atom. The molecule has 0 spiro atoms. The zero-order valence-electron chi connectivity index (χ0n) is 14.5. The lowest BCUT2D eigenvalue weighted by atomic mass is 10.1. The number of benzene rings is 2. The van der Waals surface area contributed by atoms with E-state index in [1.807, 2.05) is 61.5 Å². The molecular formula is C20H22N4O. The summed E-state index contributed by atoms with van der Waals surface area (Å²) in [5, 5.41) is 6.59. The van der Waals surface area contributed by atoms with Gasteiger partial charge in [-0.15, -0.1) is 0 Å². The van der Waals surface area contributed by atoms with Crippen LogP contribution in [-0.2, 0) is 6.42 Å². The monoisotopic (exact) mass is 334 g/mol. The summed E-state index contributed by atoms with van der Waals surface area (Å²) in [6.45, 7) is 2.69. The van der Waals surface area contributed by atoms with Gasteiger partial charge >= 0.3 is 0 Å². The number of anilines is 3. The Bertz CT molecular complexity index is 821. The lowest BCUT2D eigenvalue weighted by molar-refractivity contribution is 0.410. The van der Waals surface area contributed by atoms with Crippen molar-refractivity contribution in [3.05, 3.63) is 71.9 Å². The minimum Gasteiger partial charge on any atom is -0.496 e. The second-order valence-electron chi connectivity index (χ2n) is 5.70. The van der Waals surface area contributed by atoms with Gasteiger partial charge in [-0.3, -0.25) is 0 Å². The van der Waals surface area contributed by atoms with Crippen molar-refractivity contribution in [3.8, 4) is 5.75 Å². The summed E-state index contributed by atoms with van der Waals surface area (Å²) < 4.78 is 5.38. The topological polar surface area (TPSA) is 59.1 Å². The highest BCUT2D eigenvalue weighted by molar-refractivity contribution is 5.57. The van der Waals surface area contributed by atoms with E-state index in [4.69, 9.17) is 4.74 Å². The van der Waals surface area contributed by atoms with Crippen LogP contribution in [0.2, 0.25) is 0 Å². The number of aryl methyl sites for hydroxylation is 1. The number of ether oxygens (including phenoxy) is 1. The summed E-state index contributed by atoms with van der Waals surface area (Å²) in [5.74, 6) is 2.30. The maximum Gasteiger partial charge on any atom is 0.224 e. The van der Waals surface area contributed by atoms with Crippen LogP contribution in [0.5, 0.6) is 5.75 Å². The molecule has 0 saturated carbocycles. The highest BCUT2D eigenvalue weighted by atomic mass is 16.5. The molecule has 3 aromatic rings. The lowest BCUT2D eigenvalue weighted by Crippen LogP contribution is -2.10. The summed E-state index contributed by atoms with van der Waals surface area (Å²) in [4.78, 5) is 8.99. The van der Waals surface area contributed by atoms with Gasteiger partial charge in [-0.1, -0.05) is 36.4 Å². The van der Waals surface area contributed by atoms with E-state index in [1.165, 1.54) is 0 Å². The molecular weight excluding hydrogens is 312 g/mol. The molecule has 3 rings (SSSR count). The van der Waals surface area contributed by atoms with Crippen molar-refractivity contribution in [2.45, 2.75) is 13.3 Å². The fourth-order valence-corrected chi connectivity index (χ4v) is 2.60. The van der Waals surface area contributed by atoms with Crippen molar-refractivity contribution < 1.29 is 4.74 Å². The molecule has 0 aliphatic heterocycles. The van der Waals surface area contributed by atoms with E-state index in [0.717, 1.165) is 41.5 Å². The second-order valence-corrected chi connectivity index (χ2v) is 5.70. The third-order valence-corrected chi connectivity index (χ3v) is 3.77. The summed E-state index contributed by atoms with van der Waals surface area (Å²) in [5.41, 5.74) is 3.07. The Kier molecular flexibility index (Phi) is 5.46. The Morgan fingerprint density at radius 1 is 0.960 bits per heavy atom.